The van der Waals surface area contributed by atoms with Gasteiger partial charge in [0.1, 0.15) is 5.41 Å². The molecule has 0 atom stereocenters. The minimum atomic E-state index is -0.911. The van der Waals surface area contributed by atoms with E-state index < -0.39 is 5.41 Å². The first-order valence-electron chi connectivity index (χ1n) is 6.59. The van der Waals surface area contributed by atoms with E-state index in [0.29, 0.717) is 28.6 Å². The Hall–Kier alpha value is -1.26. The van der Waals surface area contributed by atoms with Crippen molar-refractivity contribution in [3.8, 4) is 0 Å². The number of carbonyl (C=O) groups is 2. The van der Waals surface area contributed by atoms with E-state index >= 15 is 0 Å². The molecule has 0 bridgehead atoms. The Labute approximate surface area is 126 Å². The van der Waals surface area contributed by atoms with Crippen molar-refractivity contribution in [2.45, 2.75) is 31.7 Å². The molecule has 4 nitrogen and oxygen atoms in total. The third-order valence-corrected chi connectivity index (χ3v) is 4.26. The molecule has 2 saturated carbocycles. The van der Waals surface area contributed by atoms with Crippen molar-refractivity contribution in [1.82, 2.24) is 5.32 Å². The van der Waals surface area contributed by atoms with E-state index in [4.69, 9.17) is 23.2 Å². The van der Waals surface area contributed by atoms with E-state index in [9.17, 15) is 9.59 Å². The maximum absolute atomic E-state index is 12.3. The second kappa shape index (κ2) is 4.93. The maximum Gasteiger partial charge on any atom is 0.240 e. The third kappa shape index (κ3) is 2.63. The molecular weight excluding hydrogens is 299 g/mol. The molecule has 1 aromatic rings. The Morgan fingerprint density at radius 1 is 1.15 bits per heavy atom. The highest BCUT2D eigenvalue weighted by molar-refractivity contribution is 6.36. The molecule has 0 radical (unpaired) electrons. The predicted octanol–water partition coefficient (Wildman–Crippen LogP) is 2.99. The number of nitrogens with one attached hydrogen (secondary N) is 2. The van der Waals surface area contributed by atoms with Gasteiger partial charge in [-0.3, -0.25) is 9.59 Å². The molecule has 2 amide bonds. The summed E-state index contributed by atoms with van der Waals surface area (Å²) in [6.07, 6.45) is 3.18. The Morgan fingerprint density at radius 3 is 2.40 bits per heavy atom. The van der Waals surface area contributed by atoms with Crippen LogP contribution in [0.3, 0.4) is 0 Å². The van der Waals surface area contributed by atoms with Gasteiger partial charge in [0.2, 0.25) is 11.8 Å². The fraction of sp³-hybridized carbons (Fsp3) is 0.429. The largest absolute Gasteiger partial charge is 0.352 e. The number of halogens is 2. The van der Waals surface area contributed by atoms with Gasteiger partial charge < -0.3 is 10.6 Å². The van der Waals surface area contributed by atoms with Crippen molar-refractivity contribution in [2.24, 2.45) is 5.41 Å². The summed E-state index contributed by atoms with van der Waals surface area (Å²) < 4.78 is 0. The molecule has 2 aliphatic carbocycles. The van der Waals surface area contributed by atoms with E-state index in [1.54, 1.807) is 18.2 Å². The molecule has 6 heteroatoms. The Balaban J connectivity index is 1.70. The summed E-state index contributed by atoms with van der Waals surface area (Å²) in [5.41, 5.74) is -0.433. The van der Waals surface area contributed by atoms with Crippen LogP contribution >= 0.6 is 23.2 Å². The maximum atomic E-state index is 12.3. The highest BCUT2D eigenvalue weighted by Gasteiger charge is 2.57. The third-order valence-electron chi connectivity index (χ3n) is 3.71. The molecule has 0 unspecified atom stereocenters. The number of anilines is 1. The van der Waals surface area contributed by atoms with Gasteiger partial charge in [-0.25, -0.2) is 0 Å². The quantitative estimate of drug-likeness (QED) is 0.840. The summed E-state index contributed by atoms with van der Waals surface area (Å²) in [4.78, 5) is 24.4. The molecule has 20 heavy (non-hydrogen) atoms. The lowest BCUT2D eigenvalue weighted by Gasteiger charge is -2.15. The lowest BCUT2D eigenvalue weighted by atomic mass is 10.0. The van der Waals surface area contributed by atoms with Crippen LogP contribution in [0.1, 0.15) is 25.7 Å². The first-order chi connectivity index (χ1) is 9.51. The first-order valence-corrected chi connectivity index (χ1v) is 7.34. The van der Waals surface area contributed by atoms with Gasteiger partial charge in [0.15, 0.2) is 0 Å². The molecule has 1 aromatic carbocycles. The van der Waals surface area contributed by atoms with Gasteiger partial charge in [-0.1, -0.05) is 23.2 Å². The molecule has 0 aromatic heterocycles. The number of benzene rings is 1. The molecule has 0 heterocycles. The van der Waals surface area contributed by atoms with Crippen LogP contribution in [-0.4, -0.2) is 17.9 Å². The van der Waals surface area contributed by atoms with E-state index in [1.165, 1.54) is 0 Å². The van der Waals surface area contributed by atoms with Crippen molar-refractivity contribution >= 4 is 40.7 Å². The zero-order chi connectivity index (χ0) is 14.3. The van der Waals surface area contributed by atoms with E-state index in [1.807, 2.05) is 0 Å². The average molecular weight is 313 g/mol. The molecule has 0 spiro atoms. The van der Waals surface area contributed by atoms with Crippen molar-refractivity contribution in [1.29, 1.82) is 0 Å². The normalized spacial score (nSPS) is 19.3. The van der Waals surface area contributed by atoms with Crippen molar-refractivity contribution in [3.63, 3.8) is 0 Å². The van der Waals surface area contributed by atoms with Crippen LogP contribution in [0, 0.1) is 5.41 Å². The van der Waals surface area contributed by atoms with Crippen molar-refractivity contribution < 1.29 is 9.59 Å². The van der Waals surface area contributed by atoms with Crippen LogP contribution in [0.25, 0.3) is 0 Å². The molecule has 2 aliphatic rings. The number of carbonyl (C=O) groups excluding carboxylic acids is 2. The van der Waals surface area contributed by atoms with Crippen molar-refractivity contribution in [3.05, 3.63) is 28.2 Å². The second-order valence-electron chi connectivity index (χ2n) is 5.41. The highest BCUT2D eigenvalue weighted by atomic mass is 35.5. The van der Waals surface area contributed by atoms with Crippen LogP contribution in [0.4, 0.5) is 5.69 Å². The molecule has 2 N–H and O–H groups in total. The van der Waals surface area contributed by atoms with Crippen LogP contribution < -0.4 is 10.6 Å². The molecule has 2 fully saturated rings. The fourth-order valence-corrected chi connectivity index (χ4v) is 2.52. The second-order valence-corrected chi connectivity index (χ2v) is 6.25. The van der Waals surface area contributed by atoms with Crippen LogP contribution in [0.5, 0.6) is 0 Å². The van der Waals surface area contributed by atoms with Gasteiger partial charge >= 0.3 is 0 Å². The van der Waals surface area contributed by atoms with Crippen LogP contribution in [0.15, 0.2) is 18.2 Å². The summed E-state index contributed by atoms with van der Waals surface area (Å²) in [6.45, 7) is 0. The van der Waals surface area contributed by atoms with Crippen molar-refractivity contribution in [2.75, 3.05) is 5.32 Å². The Bertz CT molecular complexity index is 581. The highest BCUT2D eigenvalue weighted by Crippen LogP contribution is 2.47. The summed E-state index contributed by atoms with van der Waals surface area (Å²) in [7, 11) is 0. The predicted molar refractivity (Wildman–Crippen MR) is 77.9 cm³/mol. The first kappa shape index (κ1) is 13.7. The van der Waals surface area contributed by atoms with Gasteiger partial charge in [-0.05, 0) is 43.9 Å². The van der Waals surface area contributed by atoms with Crippen LogP contribution in [-0.2, 0) is 9.59 Å². The zero-order valence-corrected chi connectivity index (χ0v) is 12.2. The number of rotatable bonds is 4. The van der Waals surface area contributed by atoms with Gasteiger partial charge in [0.25, 0.3) is 0 Å². The average Bonchev–Trinajstić information content (AvgIpc) is 3.24. The minimum Gasteiger partial charge on any atom is -0.352 e. The standard InChI is InChI=1S/C14H14Cl2N2O2/c15-8-1-4-11(10(16)7-8)18-13(20)14(5-6-14)12(19)17-9-2-3-9/h1,4,7,9H,2-3,5-6H2,(H,17,19)(H,18,20). The van der Waals surface area contributed by atoms with E-state index in [-0.39, 0.29) is 17.9 Å². The zero-order valence-electron chi connectivity index (χ0n) is 10.7. The monoisotopic (exact) mass is 312 g/mol. The minimum absolute atomic E-state index is 0.164. The van der Waals surface area contributed by atoms with Gasteiger partial charge in [-0.15, -0.1) is 0 Å². The SMILES string of the molecule is O=C(Nc1ccc(Cl)cc1Cl)C1(C(=O)NC2CC2)CC1. The molecule has 0 aliphatic heterocycles. The Morgan fingerprint density at radius 2 is 1.85 bits per heavy atom. The molecule has 3 rings (SSSR count). The smallest absolute Gasteiger partial charge is 0.240 e. The lowest BCUT2D eigenvalue weighted by Crippen LogP contribution is -2.40. The lowest BCUT2D eigenvalue weighted by molar-refractivity contribution is -0.134. The summed E-state index contributed by atoms with van der Waals surface area (Å²) in [5, 5.41) is 6.48. The summed E-state index contributed by atoms with van der Waals surface area (Å²) >= 11 is 11.8. The summed E-state index contributed by atoms with van der Waals surface area (Å²) in [6, 6.07) is 5.10. The fourth-order valence-electron chi connectivity index (χ4n) is 2.07. The molecule has 106 valence electrons. The Kier molecular flexibility index (Phi) is 3.38. The van der Waals surface area contributed by atoms with Gasteiger partial charge in [0, 0.05) is 11.1 Å². The van der Waals surface area contributed by atoms with E-state index in [2.05, 4.69) is 10.6 Å². The molecule has 0 saturated heterocycles. The summed E-state index contributed by atoms with van der Waals surface area (Å²) in [5.74, 6) is -0.456. The number of hydrogen-bond donors (Lipinski definition) is 2. The van der Waals surface area contributed by atoms with Gasteiger partial charge in [0.05, 0.1) is 10.7 Å². The number of hydrogen-bond acceptors (Lipinski definition) is 2. The number of amides is 2. The van der Waals surface area contributed by atoms with Gasteiger partial charge in [-0.2, -0.15) is 0 Å². The topological polar surface area (TPSA) is 58.2 Å². The van der Waals surface area contributed by atoms with Crippen LogP contribution in [0.2, 0.25) is 10.0 Å². The molecular formula is C14H14Cl2N2O2. The van der Waals surface area contributed by atoms with E-state index in [0.717, 1.165) is 12.8 Å².